The Bertz CT molecular complexity index is 917. The molecule has 0 fully saturated rings. The van der Waals surface area contributed by atoms with E-state index in [9.17, 15) is 21.6 Å². The van der Waals surface area contributed by atoms with Crippen LogP contribution in [0.15, 0.2) is 48.5 Å². The Morgan fingerprint density at radius 2 is 1.86 bits per heavy atom. The summed E-state index contributed by atoms with van der Waals surface area (Å²) in [5.41, 5.74) is -3.37. The average molecular weight is 429 g/mol. The zero-order chi connectivity index (χ0) is 20.9. The number of ether oxygens (including phenoxy) is 1. The molecule has 1 N–H and O–H groups in total. The number of hydrogen-bond donors (Lipinski definition) is 1. The molecule has 1 aliphatic rings. The SMILES string of the molecule is O=S(=O)(Oc1ccc2c(c1)OCC(NCCCCc1ccccc1)C2)C(F)(F)F. The quantitative estimate of drug-likeness (QED) is 0.393. The number of benzene rings is 2. The maximum absolute atomic E-state index is 12.4. The van der Waals surface area contributed by atoms with E-state index in [-0.39, 0.29) is 6.04 Å². The number of fused-ring (bicyclic) bond motifs is 1. The van der Waals surface area contributed by atoms with Crippen molar-refractivity contribution in [1.29, 1.82) is 0 Å². The molecule has 0 saturated carbocycles. The first kappa shape index (κ1) is 21.4. The van der Waals surface area contributed by atoms with Crippen LogP contribution in [0.5, 0.6) is 11.5 Å². The summed E-state index contributed by atoms with van der Waals surface area (Å²) in [4.78, 5) is 0. The highest BCUT2D eigenvalue weighted by molar-refractivity contribution is 7.88. The Balaban J connectivity index is 1.46. The second-order valence-electron chi connectivity index (χ2n) is 6.86. The molecule has 1 atom stereocenters. The summed E-state index contributed by atoms with van der Waals surface area (Å²) in [7, 11) is -5.69. The third-order valence-corrected chi connectivity index (χ3v) is 5.58. The fourth-order valence-electron chi connectivity index (χ4n) is 3.11. The monoisotopic (exact) mass is 429 g/mol. The van der Waals surface area contributed by atoms with E-state index >= 15 is 0 Å². The lowest BCUT2D eigenvalue weighted by Crippen LogP contribution is -2.39. The molecule has 0 spiro atoms. The summed E-state index contributed by atoms with van der Waals surface area (Å²) in [6.07, 6.45) is 3.74. The molecule has 0 amide bonds. The molecule has 2 aromatic rings. The van der Waals surface area contributed by atoms with Gasteiger partial charge in [-0.2, -0.15) is 21.6 Å². The molecule has 0 aromatic heterocycles. The Labute approximate surface area is 168 Å². The van der Waals surface area contributed by atoms with Crippen LogP contribution in [0.4, 0.5) is 13.2 Å². The lowest BCUT2D eigenvalue weighted by atomic mass is 10.0. The number of alkyl halides is 3. The topological polar surface area (TPSA) is 64.6 Å². The summed E-state index contributed by atoms with van der Waals surface area (Å²) in [5, 5.41) is 3.42. The van der Waals surface area contributed by atoms with Crippen molar-refractivity contribution in [3.05, 3.63) is 59.7 Å². The van der Waals surface area contributed by atoms with Crippen LogP contribution in [-0.2, 0) is 23.0 Å². The van der Waals surface area contributed by atoms with E-state index in [1.807, 2.05) is 18.2 Å². The van der Waals surface area contributed by atoms with Gasteiger partial charge >= 0.3 is 15.6 Å². The molecular formula is C20H22F3NO4S. The molecule has 9 heteroatoms. The number of unbranched alkanes of at least 4 members (excludes halogenated alkanes) is 1. The van der Waals surface area contributed by atoms with Crippen molar-refractivity contribution in [2.75, 3.05) is 13.2 Å². The van der Waals surface area contributed by atoms with E-state index in [0.717, 1.165) is 31.4 Å². The van der Waals surface area contributed by atoms with Crippen molar-refractivity contribution >= 4 is 10.1 Å². The molecule has 0 bridgehead atoms. The van der Waals surface area contributed by atoms with Crippen molar-refractivity contribution in [1.82, 2.24) is 5.32 Å². The Morgan fingerprint density at radius 3 is 2.59 bits per heavy atom. The molecule has 2 aromatic carbocycles. The number of halogens is 3. The number of hydrogen-bond acceptors (Lipinski definition) is 5. The molecule has 3 rings (SSSR count). The number of nitrogens with one attached hydrogen (secondary N) is 1. The minimum atomic E-state index is -5.69. The van der Waals surface area contributed by atoms with Crippen LogP contribution in [0, 0.1) is 0 Å². The maximum atomic E-state index is 12.4. The van der Waals surface area contributed by atoms with Crippen LogP contribution >= 0.6 is 0 Å². The predicted octanol–water partition coefficient (Wildman–Crippen LogP) is 3.83. The normalized spacial score (nSPS) is 16.7. The molecule has 0 aliphatic carbocycles. The van der Waals surface area contributed by atoms with Gasteiger partial charge in [0, 0.05) is 12.1 Å². The summed E-state index contributed by atoms with van der Waals surface area (Å²) in [5.74, 6) is -0.0876. The highest BCUT2D eigenvalue weighted by atomic mass is 32.2. The second-order valence-corrected chi connectivity index (χ2v) is 8.40. The van der Waals surface area contributed by atoms with Crippen LogP contribution in [-0.4, -0.2) is 33.1 Å². The van der Waals surface area contributed by atoms with Gasteiger partial charge in [-0.1, -0.05) is 36.4 Å². The van der Waals surface area contributed by atoms with Crippen LogP contribution in [0.3, 0.4) is 0 Å². The van der Waals surface area contributed by atoms with Crippen molar-refractivity contribution in [3.8, 4) is 11.5 Å². The van der Waals surface area contributed by atoms with Gasteiger partial charge in [0.1, 0.15) is 18.1 Å². The third-order valence-electron chi connectivity index (χ3n) is 4.60. The zero-order valence-electron chi connectivity index (χ0n) is 15.6. The van der Waals surface area contributed by atoms with Crippen molar-refractivity contribution < 1.29 is 30.5 Å². The number of rotatable bonds is 8. The first-order valence-corrected chi connectivity index (χ1v) is 10.7. The molecule has 0 radical (unpaired) electrons. The second kappa shape index (κ2) is 9.04. The lowest BCUT2D eigenvalue weighted by molar-refractivity contribution is -0.0500. The zero-order valence-corrected chi connectivity index (χ0v) is 16.4. The summed E-state index contributed by atoms with van der Waals surface area (Å²) in [6, 6.07) is 14.3. The summed E-state index contributed by atoms with van der Waals surface area (Å²) >= 11 is 0. The Kier molecular flexibility index (Phi) is 6.69. The van der Waals surface area contributed by atoms with Gasteiger partial charge in [-0.3, -0.25) is 0 Å². The van der Waals surface area contributed by atoms with E-state index < -0.39 is 21.4 Å². The maximum Gasteiger partial charge on any atom is 0.534 e. The average Bonchev–Trinajstić information content (AvgIpc) is 2.67. The molecule has 1 aliphatic heterocycles. The van der Waals surface area contributed by atoms with Gasteiger partial charge < -0.3 is 14.2 Å². The Hall–Kier alpha value is -2.26. The van der Waals surface area contributed by atoms with Crippen LogP contribution in [0.1, 0.15) is 24.0 Å². The van der Waals surface area contributed by atoms with Gasteiger partial charge in [0.2, 0.25) is 0 Å². The van der Waals surface area contributed by atoms with Gasteiger partial charge in [-0.05, 0) is 49.4 Å². The third kappa shape index (κ3) is 5.86. The van der Waals surface area contributed by atoms with Gasteiger partial charge in [0.15, 0.2) is 0 Å². The Morgan fingerprint density at radius 1 is 1.10 bits per heavy atom. The van der Waals surface area contributed by atoms with E-state index in [1.54, 1.807) is 0 Å². The van der Waals surface area contributed by atoms with Gasteiger partial charge in [-0.15, -0.1) is 0 Å². The predicted molar refractivity (Wildman–Crippen MR) is 102 cm³/mol. The van der Waals surface area contributed by atoms with E-state index in [2.05, 4.69) is 21.6 Å². The highest BCUT2D eigenvalue weighted by Gasteiger charge is 2.48. The van der Waals surface area contributed by atoms with Crippen molar-refractivity contribution in [2.24, 2.45) is 0 Å². The standard InChI is InChI=1S/C20H22F3NO4S/c21-20(22,23)29(25,26)28-18-10-9-16-12-17(14-27-19(16)13-18)24-11-5-4-8-15-6-2-1-3-7-15/h1-3,6-7,9-10,13,17,24H,4-5,8,11-12,14H2. The van der Waals surface area contributed by atoms with Crippen LogP contribution in [0.2, 0.25) is 0 Å². The van der Waals surface area contributed by atoms with Gasteiger partial charge in [-0.25, -0.2) is 0 Å². The van der Waals surface area contributed by atoms with Crippen molar-refractivity contribution in [2.45, 2.75) is 37.2 Å². The molecule has 5 nitrogen and oxygen atoms in total. The van der Waals surface area contributed by atoms with Gasteiger partial charge in [0.25, 0.3) is 0 Å². The summed E-state index contributed by atoms with van der Waals surface area (Å²) < 4.78 is 69.2. The minimum Gasteiger partial charge on any atom is -0.492 e. The fraction of sp³-hybridized carbons (Fsp3) is 0.400. The highest BCUT2D eigenvalue weighted by Crippen LogP contribution is 2.32. The number of aryl methyl sites for hydroxylation is 1. The molecule has 0 saturated heterocycles. The lowest BCUT2D eigenvalue weighted by Gasteiger charge is -2.26. The fourth-order valence-corrected chi connectivity index (χ4v) is 3.57. The first-order chi connectivity index (χ1) is 13.7. The molecule has 158 valence electrons. The first-order valence-electron chi connectivity index (χ1n) is 9.28. The molecular weight excluding hydrogens is 407 g/mol. The van der Waals surface area contributed by atoms with E-state index in [0.29, 0.717) is 18.8 Å². The van der Waals surface area contributed by atoms with Crippen LogP contribution < -0.4 is 14.2 Å². The smallest absolute Gasteiger partial charge is 0.492 e. The largest absolute Gasteiger partial charge is 0.534 e. The summed E-state index contributed by atoms with van der Waals surface area (Å²) in [6.45, 7) is 1.18. The minimum absolute atomic E-state index is 0.0879. The van der Waals surface area contributed by atoms with E-state index in [1.165, 1.54) is 23.8 Å². The molecule has 1 heterocycles. The van der Waals surface area contributed by atoms with Crippen molar-refractivity contribution in [3.63, 3.8) is 0 Å². The van der Waals surface area contributed by atoms with E-state index in [4.69, 9.17) is 4.74 Å². The van der Waals surface area contributed by atoms with Gasteiger partial charge in [0.05, 0.1) is 0 Å². The van der Waals surface area contributed by atoms with Crippen LogP contribution in [0.25, 0.3) is 0 Å². The molecule has 29 heavy (non-hydrogen) atoms. The molecule has 1 unspecified atom stereocenters.